The van der Waals surface area contributed by atoms with Crippen LogP contribution in [0.4, 0.5) is 0 Å². The van der Waals surface area contributed by atoms with Gasteiger partial charge in [-0.1, -0.05) is 36.8 Å². The molecule has 0 radical (unpaired) electrons. The van der Waals surface area contributed by atoms with Gasteiger partial charge in [-0.2, -0.15) is 0 Å². The third-order valence-electron chi connectivity index (χ3n) is 3.46. The van der Waals surface area contributed by atoms with E-state index in [0.717, 1.165) is 13.0 Å². The van der Waals surface area contributed by atoms with Crippen molar-refractivity contribution in [2.45, 2.75) is 39.7 Å². The lowest BCUT2D eigenvalue weighted by molar-refractivity contribution is 0.535. The largest absolute Gasteiger partial charge is 0.309 e. The van der Waals surface area contributed by atoms with E-state index in [1.807, 2.05) is 11.3 Å². The molecule has 0 bridgehead atoms. The van der Waals surface area contributed by atoms with Crippen molar-refractivity contribution < 1.29 is 0 Å². The Balaban J connectivity index is 2.17. The van der Waals surface area contributed by atoms with Gasteiger partial charge in [0.15, 0.2) is 0 Å². The second kappa shape index (κ2) is 6.88. The zero-order valence-electron chi connectivity index (χ0n) is 12.1. The van der Waals surface area contributed by atoms with E-state index >= 15 is 0 Å². The van der Waals surface area contributed by atoms with E-state index < -0.39 is 0 Å². The summed E-state index contributed by atoms with van der Waals surface area (Å²) in [6, 6.07) is 11.6. The highest BCUT2D eigenvalue weighted by Gasteiger charge is 2.13. The number of aryl methyl sites for hydroxylation is 2. The summed E-state index contributed by atoms with van der Waals surface area (Å²) in [5, 5.41) is 5.84. The van der Waals surface area contributed by atoms with Crippen molar-refractivity contribution in [2.75, 3.05) is 6.54 Å². The summed E-state index contributed by atoms with van der Waals surface area (Å²) in [6.45, 7) is 7.67. The first-order chi connectivity index (χ1) is 9.20. The SMILES string of the molecule is CCCNC(Cc1cc(C)ccc1C)c1cccs1. The van der Waals surface area contributed by atoms with Gasteiger partial charge in [-0.25, -0.2) is 0 Å². The van der Waals surface area contributed by atoms with E-state index in [-0.39, 0.29) is 0 Å². The number of benzene rings is 1. The summed E-state index contributed by atoms with van der Waals surface area (Å²) in [5.41, 5.74) is 4.20. The molecule has 102 valence electrons. The third kappa shape index (κ3) is 3.92. The average Bonchev–Trinajstić information content (AvgIpc) is 2.92. The van der Waals surface area contributed by atoms with Gasteiger partial charge < -0.3 is 5.32 Å². The van der Waals surface area contributed by atoms with Gasteiger partial charge in [0.1, 0.15) is 0 Å². The fourth-order valence-corrected chi connectivity index (χ4v) is 3.12. The number of hydrogen-bond acceptors (Lipinski definition) is 2. The van der Waals surface area contributed by atoms with Crippen LogP contribution in [0.5, 0.6) is 0 Å². The first kappa shape index (κ1) is 14.3. The monoisotopic (exact) mass is 273 g/mol. The normalized spacial score (nSPS) is 12.6. The summed E-state index contributed by atoms with van der Waals surface area (Å²) < 4.78 is 0. The molecule has 0 aliphatic rings. The van der Waals surface area contributed by atoms with Crippen molar-refractivity contribution in [2.24, 2.45) is 0 Å². The molecule has 1 nitrogen and oxygen atoms in total. The Bertz CT molecular complexity index is 502. The minimum absolute atomic E-state index is 0.445. The standard InChI is InChI=1S/C17H23NS/c1-4-9-18-16(17-6-5-10-19-17)12-15-11-13(2)7-8-14(15)3/h5-8,10-11,16,18H,4,9,12H2,1-3H3. The van der Waals surface area contributed by atoms with Gasteiger partial charge in [0, 0.05) is 10.9 Å². The second-order valence-electron chi connectivity index (χ2n) is 5.16. The summed E-state index contributed by atoms with van der Waals surface area (Å²) in [6.07, 6.45) is 2.25. The first-order valence-electron chi connectivity index (χ1n) is 7.03. The Morgan fingerprint density at radius 3 is 2.74 bits per heavy atom. The van der Waals surface area contributed by atoms with Gasteiger partial charge in [-0.3, -0.25) is 0 Å². The zero-order chi connectivity index (χ0) is 13.7. The fraction of sp³-hybridized carbons (Fsp3) is 0.412. The lowest BCUT2D eigenvalue weighted by atomic mass is 9.98. The van der Waals surface area contributed by atoms with Crippen LogP contribution in [0.25, 0.3) is 0 Å². The van der Waals surface area contributed by atoms with Crippen LogP contribution in [0.3, 0.4) is 0 Å². The maximum absolute atomic E-state index is 3.68. The first-order valence-corrected chi connectivity index (χ1v) is 7.91. The van der Waals surface area contributed by atoms with Crippen LogP contribution in [0.2, 0.25) is 0 Å². The molecular weight excluding hydrogens is 250 g/mol. The van der Waals surface area contributed by atoms with Crippen molar-refractivity contribution in [1.29, 1.82) is 0 Å². The molecule has 0 fully saturated rings. The van der Waals surface area contributed by atoms with Gasteiger partial charge in [0.25, 0.3) is 0 Å². The van der Waals surface area contributed by atoms with E-state index in [9.17, 15) is 0 Å². The maximum Gasteiger partial charge on any atom is 0.0455 e. The van der Waals surface area contributed by atoms with Crippen LogP contribution in [-0.4, -0.2) is 6.54 Å². The molecule has 0 spiro atoms. The Labute approximate surface area is 120 Å². The number of nitrogens with one attached hydrogen (secondary N) is 1. The summed E-state index contributed by atoms with van der Waals surface area (Å²) in [7, 11) is 0. The topological polar surface area (TPSA) is 12.0 Å². The van der Waals surface area contributed by atoms with Crippen LogP contribution in [0.1, 0.15) is 41.0 Å². The molecule has 2 aromatic rings. The van der Waals surface area contributed by atoms with E-state index in [4.69, 9.17) is 0 Å². The van der Waals surface area contributed by atoms with Crippen LogP contribution in [-0.2, 0) is 6.42 Å². The third-order valence-corrected chi connectivity index (χ3v) is 4.44. The Hall–Kier alpha value is -1.12. The second-order valence-corrected chi connectivity index (χ2v) is 6.14. The quantitative estimate of drug-likeness (QED) is 0.808. The van der Waals surface area contributed by atoms with E-state index in [1.165, 1.54) is 28.0 Å². The van der Waals surface area contributed by atoms with Crippen LogP contribution >= 0.6 is 11.3 Å². The zero-order valence-corrected chi connectivity index (χ0v) is 12.9. The maximum atomic E-state index is 3.68. The van der Waals surface area contributed by atoms with Crippen molar-refractivity contribution in [3.05, 3.63) is 57.3 Å². The van der Waals surface area contributed by atoms with Gasteiger partial charge in [-0.05, 0) is 55.8 Å². The highest BCUT2D eigenvalue weighted by molar-refractivity contribution is 7.10. The number of thiophene rings is 1. The molecule has 0 saturated heterocycles. The van der Waals surface area contributed by atoms with E-state index in [1.54, 1.807) is 0 Å². The van der Waals surface area contributed by atoms with Gasteiger partial charge in [-0.15, -0.1) is 11.3 Å². The van der Waals surface area contributed by atoms with Crippen molar-refractivity contribution in [3.8, 4) is 0 Å². The van der Waals surface area contributed by atoms with E-state index in [2.05, 4.69) is 61.8 Å². The predicted octanol–water partition coefficient (Wildman–Crippen LogP) is 4.65. The van der Waals surface area contributed by atoms with Crippen molar-refractivity contribution in [1.82, 2.24) is 5.32 Å². The van der Waals surface area contributed by atoms with E-state index in [0.29, 0.717) is 6.04 Å². The Morgan fingerprint density at radius 1 is 1.21 bits per heavy atom. The predicted molar refractivity (Wildman–Crippen MR) is 85.0 cm³/mol. The molecule has 1 unspecified atom stereocenters. The van der Waals surface area contributed by atoms with Gasteiger partial charge >= 0.3 is 0 Å². The fourth-order valence-electron chi connectivity index (χ4n) is 2.32. The molecule has 1 aromatic carbocycles. The lowest BCUT2D eigenvalue weighted by Crippen LogP contribution is -2.23. The molecule has 0 aliphatic heterocycles. The summed E-state index contributed by atoms with van der Waals surface area (Å²) >= 11 is 1.85. The highest BCUT2D eigenvalue weighted by atomic mass is 32.1. The summed E-state index contributed by atoms with van der Waals surface area (Å²) in [5.74, 6) is 0. The van der Waals surface area contributed by atoms with Gasteiger partial charge in [0.05, 0.1) is 0 Å². The van der Waals surface area contributed by atoms with Crippen LogP contribution in [0, 0.1) is 13.8 Å². The Kier molecular flexibility index (Phi) is 5.17. The molecular formula is C17H23NS. The molecule has 2 heteroatoms. The average molecular weight is 273 g/mol. The molecule has 2 rings (SSSR count). The summed E-state index contributed by atoms with van der Waals surface area (Å²) in [4.78, 5) is 1.44. The molecule has 1 atom stereocenters. The van der Waals surface area contributed by atoms with Crippen molar-refractivity contribution >= 4 is 11.3 Å². The Morgan fingerprint density at radius 2 is 2.05 bits per heavy atom. The minimum atomic E-state index is 0.445. The molecule has 0 aliphatic carbocycles. The van der Waals surface area contributed by atoms with Crippen LogP contribution < -0.4 is 5.32 Å². The lowest BCUT2D eigenvalue weighted by Gasteiger charge is -2.19. The molecule has 1 aromatic heterocycles. The highest BCUT2D eigenvalue weighted by Crippen LogP contribution is 2.24. The molecule has 1 N–H and O–H groups in total. The molecule has 0 amide bonds. The number of hydrogen-bond donors (Lipinski definition) is 1. The molecule has 1 heterocycles. The van der Waals surface area contributed by atoms with Crippen LogP contribution in [0.15, 0.2) is 35.7 Å². The number of rotatable bonds is 6. The molecule has 0 saturated carbocycles. The smallest absolute Gasteiger partial charge is 0.0455 e. The van der Waals surface area contributed by atoms with Crippen molar-refractivity contribution in [3.63, 3.8) is 0 Å². The minimum Gasteiger partial charge on any atom is -0.309 e. The van der Waals surface area contributed by atoms with Gasteiger partial charge in [0.2, 0.25) is 0 Å². The molecule has 19 heavy (non-hydrogen) atoms.